The second-order valence-electron chi connectivity index (χ2n) is 6.28. The van der Waals surface area contributed by atoms with Crippen molar-refractivity contribution in [3.05, 3.63) is 28.2 Å². The van der Waals surface area contributed by atoms with Gasteiger partial charge in [0, 0.05) is 17.1 Å². The van der Waals surface area contributed by atoms with Crippen molar-refractivity contribution in [2.75, 3.05) is 6.54 Å². The Morgan fingerprint density at radius 1 is 1.14 bits per heavy atom. The molecule has 5 heteroatoms. The zero-order valence-electron chi connectivity index (χ0n) is 12.4. The number of rotatable bonds is 2. The van der Waals surface area contributed by atoms with Crippen molar-refractivity contribution >= 4 is 26.0 Å². The van der Waals surface area contributed by atoms with Gasteiger partial charge < -0.3 is 0 Å². The minimum absolute atomic E-state index is 0.218. The molecule has 0 bridgehead atoms. The van der Waals surface area contributed by atoms with Crippen LogP contribution in [0.1, 0.15) is 44.1 Å². The van der Waals surface area contributed by atoms with Crippen molar-refractivity contribution in [2.24, 2.45) is 5.92 Å². The molecule has 1 aliphatic carbocycles. The largest absolute Gasteiger partial charge is 0.243 e. The fourth-order valence-corrected chi connectivity index (χ4v) is 6.38. The number of aryl methyl sites for hydroxylation is 1. The molecule has 0 amide bonds. The number of fused-ring (bicyclic) bond motifs is 1. The van der Waals surface area contributed by atoms with Crippen LogP contribution in [0.4, 0.5) is 0 Å². The molecule has 1 aromatic carbocycles. The molecule has 0 N–H and O–H groups in total. The van der Waals surface area contributed by atoms with E-state index in [4.69, 9.17) is 0 Å². The van der Waals surface area contributed by atoms with Gasteiger partial charge in [0.15, 0.2) is 0 Å². The Hall–Kier alpha value is -0.390. The van der Waals surface area contributed by atoms with Gasteiger partial charge in [-0.2, -0.15) is 4.31 Å². The van der Waals surface area contributed by atoms with Crippen LogP contribution in [0, 0.1) is 12.8 Å². The van der Waals surface area contributed by atoms with E-state index < -0.39 is 10.0 Å². The Morgan fingerprint density at radius 2 is 1.86 bits per heavy atom. The lowest BCUT2D eigenvalue weighted by molar-refractivity contribution is 0.129. The van der Waals surface area contributed by atoms with Gasteiger partial charge in [-0.3, -0.25) is 0 Å². The monoisotopic (exact) mass is 371 g/mol. The highest BCUT2D eigenvalue weighted by atomic mass is 79.9. The van der Waals surface area contributed by atoms with Crippen molar-refractivity contribution in [1.82, 2.24) is 4.31 Å². The summed E-state index contributed by atoms with van der Waals surface area (Å²) < 4.78 is 28.9. The first kappa shape index (κ1) is 15.5. The average Bonchev–Trinajstić information content (AvgIpc) is 2.49. The molecular formula is C16H22BrNO2S. The molecule has 3 rings (SSSR count). The van der Waals surface area contributed by atoms with E-state index in [0.717, 1.165) is 29.3 Å². The molecule has 2 unspecified atom stereocenters. The Kier molecular flexibility index (Phi) is 4.44. The van der Waals surface area contributed by atoms with E-state index in [0.29, 0.717) is 17.4 Å². The van der Waals surface area contributed by atoms with Crippen LogP contribution < -0.4 is 0 Å². The van der Waals surface area contributed by atoms with Crippen molar-refractivity contribution in [3.8, 4) is 0 Å². The lowest BCUT2D eigenvalue weighted by Gasteiger charge is -2.43. The molecule has 0 aromatic heterocycles. The lowest BCUT2D eigenvalue weighted by atomic mass is 9.79. The van der Waals surface area contributed by atoms with Crippen LogP contribution in [-0.4, -0.2) is 25.3 Å². The third kappa shape index (κ3) is 2.92. The molecule has 0 radical (unpaired) electrons. The van der Waals surface area contributed by atoms with Crippen LogP contribution >= 0.6 is 15.9 Å². The van der Waals surface area contributed by atoms with Gasteiger partial charge in [0.25, 0.3) is 0 Å². The maximum absolute atomic E-state index is 13.1. The zero-order valence-corrected chi connectivity index (χ0v) is 14.8. The first-order chi connectivity index (χ1) is 10.00. The summed E-state index contributed by atoms with van der Waals surface area (Å²) in [5.41, 5.74) is 0.830. The van der Waals surface area contributed by atoms with Crippen molar-refractivity contribution in [2.45, 2.75) is 56.4 Å². The van der Waals surface area contributed by atoms with Crippen LogP contribution in [0.2, 0.25) is 0 Å². The van der Waals surface area contributed by atoms with Gasteiger partial charge in [-0.25, -0.2) is 8.42 Å². The van der Waals surface area contributed by atoms with Gasteiger partial charge in [0.05, 0.1) is 4.90 Å². The Bertz CT molecular complexity index is 627. The summed E-state index contributed by atoms with van der Waals surface area (Å²) in [6.07, 6.45) is 6.81. The van der Waals surface area contributed by atoms with E-state index in [2.05, 4.69) is 15.9 Å². The maximum atomic E-state index is 13.1. The number of hydrogen-bond donors (Lipinski definition) is 0. The number of sulfonamides is 1. The first-order valence-electron chi connectivity index (χ1n) is 7.78. The predicted octanol–water partition coefficient (Wildman–Crippen LogP) is 4.10. The minimum Gasteiger partial charge on any atom is -0.207 e. The second kappa shape index (κ2) is 6.01. The molecule has 1 aliphatic heterocycles. The highest BCUT2D eigenvalue weighted by Crippen LogP contribution is 2.38. The molecule has 2 fully saturated rings. The van der Waals surface area contributed by atoms with Gasteiger partial charge in [-0.1, -0.05) is 34.8 Å². The van der Waals surface area contributed by atoms with Gasteiger partial charge >= 0.3 is 0 Å². The highest BCUT2D eigenvalue weighted by Gasteiger charge is 2.40. The van der Waals surface area contributed by atoms with E-state index in [1.54, 1.807) is 10.4 Å². The molecule has 2 aliphatic rings. The maximum Gasteiger partial charge on any atom is 0.243 e. The molecule has 1 heterocycles. The van der Waals surface area contributed by atoms with E-state index in [-0.39, 0.29) is 6.04 Å². The number of benzene rings is 1. The molecule has 21 heavy (non-hydrogen) atoms. The third-order valence-electron chi connectivity index (χ3n) is 4.93. The van der Waals surface area contributed by atoms with Crippen LogP contribution in [0.25, 0.3) is 0 Å². The van der Waals surface area contributed by atoms with E-state index in [1.807, 2.05) is 19.1 Å². The summed E-state index contributed by atoms with van der Waals surface area (Å²) in [5, 5.41) is 0. The molecule has 2 atom stereocenters. The van der Waals surface area contributed by atoms with Crippen molar-refractivity contribution < 1.29 is 8.42 Å². The summed E-state index contributed by atoms with van der Waals surface area (Å²) in [6, 6.07) is 5.74. The highest BCUT2D eigenvalue weighted by molar-refractivity contribution is 9.10. The normalized spacial score (nSPS) is 27.3. The number of piperidine rings is 1. The Morgan fingerprint density at radius 3 is 2.67 bits per heavy atom. The summed E-state index contributed by atoms with van der Waals surface area (Å²) in [7, 11) is -3.38. The van der Waals surface area contributed by atoms with Gasteiger partial charge in [0.1, 0.15) is 0 Å². The molecule has 1 aromatic rings. The zero-order chi connectivity index (χ0) is 15.0. The number of nitrogens with zero attached hydrogens (tertiary/aromatic N) is 1. The summed E-state index contributed by atoms with van der Waals surface area (Å²) in [4.78, 5) is 0.461. The molecule has 3 nitrogen and oxygen atoms in total. The first-order valence-corrected chi connectivity index (χ1v) is 10.0. The van der Waals surface area contributed by atoms with E-state index in [9.17, 15) is 8.42 Å². The molecule has 0 spiro atoms. The van der Waals surface area contributed by atoms with Gasteiger partial charge in [0.2, 0.25) is 10.0 Å². The van der Waals surface area contributed by atoms with E-state index in [1.165, 1.54) is 19.3 Å². The lowest BCUT2D eigenvalue weighted by Crippen LogP contribution is -2.49. The fraction of sp³-hybridized carbons (Fsp3) is 0.625. The smallest absolute Gasteiger partial charge is 0.207 e. The minimum atomic E-state index is -3.38. The van der Waals surface area contributed by atoms with Crippen molar-refractivity contribution in [3.63, 3.8) is 0 Å². The molecule has 116 valence electrons. The van der Waals surface area contributed by atoms with Crippen LogP contribution in [0.3, 0.4) is 0 Å². The quantitative estimate of drug-likeness (QED) is 0.784. The third-order valence-corrected chi connectivity index (χ3v) is 7.49. The summed E-state index contributed by atoms with van der Waals surface area (Å²) in [6.45, 7) is 2.55. The van der Waals surface area contributed by atoms with Crippen LogP contribution in [0.15, 0.2) is 27.6 Å². The number of hydrogen-bond acceptors (Lipinski definition) is 2. The predicted molar refractivity (Wildman–Crippen MR) is 87.8 cm³/mol. The fourth-order valence-electron chi connectivity index (χ4n) is 3.86. The topological polar surface area (TPSA) is 37.4 Å². The van der Waals surface area contributed by atoms with Gasteiger partial charge in [-0.05, 0) is 56.2 Å². The van der Waals surface area contributed by atoms with E-state index >= 15 is 0 Å². The second-order valence-corrected chi connectivity index (χ2v) is 9.05. The molecule has 1 saturated carbocycles. The SMILES string of the molecule is Cc1ccc(Br)cc1S(=O)(=O)N1CCCC2CCCCC21. The summed E-state index contributed by atoms with van der Waals surface area (Å²) >= 11 is 3.40. The average molecular weight is 372 g/mol. The standard InChI is InChI=1S/C16H22BrNO2S/c1-12-8-9-14(17)11-16(12)21(19,20)18-10-4-6-13-5-2-3-7-15(13)18/h8-9,11,13,15H,2-7,10H2,1H3. The number of halogens is 1. The van der Waals surface area contributed by atoms with Crippen LogP contribution in [-0.2, 0) is 10.0 Å². The Labute approximate surface area is 135 Å². The molecular weight excluding hydrogens is 350 g/mol. The van der Waals surface area contributed by atoms with Crippen LogP contribution in [0.5, 0.6) is 0 Å². The van der Waals surface area contributed by atoms with Gasteiger partial charge in [-0.15, -0.1) is 0 Å². The Balaban J connectivity index is 1.98. The van der Waals surface area contributed by atoms with Crippen molar-refractivity contribution in [1.29, 1.82) is 0 Å². The summed E-state index contributed by atoms with van der Waals surface area (Å²) in [5.74, 6) is 0.565. The molecule has 1 saturated heterocycles.